The molecule has 2 aromatic rings. The molecule has 1 aromatic carbocycles. The Kier molecular flexibility index (Phi) is 3.47. The van der Waals surface area contributed by atoms with Gasteiger partial charge in [-0.15, -0.1) is 0 Å². The summed E-state index contributed by atoms with van der Waals surface area (Å²) in [6.07, 6.45) is 4.48. The summed E-state index contributed by atoms with van der Waals surface area (Å²) in [5, 5.41) is 0. The number of Topliss-reactive ketones (excluding diaryl/α,β-unsaturated/α-hetero) is 3. The molecule has 27 heavy (non-hydrogen) atoms. The summed E-state index contributed by atoms with van der Waals surface area (Å²) in [5.41, 5.74) is 2.27. The fraction of sp³-hybridized carbons (Fsp3) is 0.238. The standard InChI is InChI=1S/C21H15N3O3/c25-14-8-4-7-13-16(14)15(11-5-2-1-3-6-11)17-19(24-13)21(27)18-12(20(17)26)9-22-10-23-18/h1-3,5-6,9-10,15-16H,4,7-8H2. The predicted molar refractivity (Wildman–Crippen MR) is 96.7 cm³/mol. The fourth-order valence-corrected chi connectivity index (χ4v) is 4.34. The number of aliphatic imine (C=N–C) groups is 1. The molecule has 0 amide bonds. The van der Waals surface area contributed by atoms with Crippen LogP contribution in [0.25, 0.3) is 0 Å². The maximum atomic E-state index is 13.3. The summed E-state index contributed by atoms with van der Waals surface area (Å²) >= 11 is 0. The van der Waals surface area contributed by atoms with Crippen molar-refractivity contribution in [3.8, 4) is 0 Å². The average Bonchev–Trinajstić information content (AvgIpc) is 2.71. The molecular weight excluding hydrogens is 342 g/mol. The Balaban J connectivity index is 1.78. The van der Waals surface area contributed by atoms with E-state index in [4.69, 9.17) is 0 Å². The molecule has 6 nitrogen and oxygen atoms in total. The zero-order valence-corrected chi connectivity index (χ0v) is 14.4. The first-order valence-corrected chi connectivity index (χ1v) is 8.95. The molecule has 0 spiro atoms. The minimum atomic E-state index is -0.494. The van der Waals surface area contributed by atoms with Crippen LogP contribution in [0.2, 0.25) is 0 Å². The maximum Gasteiger partial charge on any atom is 0.230 e. The van der Waals surface area contributed by atoms with Crippen LogP contribution in [-0.4, -0.2) is 33.0 Å². The number of hydrogen-bond donors (Lipinski definition) is 0. The zero-order valence-electron chi connectivity index (χ0n) is 14.4. The lowest BCUT2D eigenvalue weighted by Crippen LogP contribution is -2.41. The topological polar surface area (TPSA) is 89.4 Å². The highest BCUT2D eigenvalue weighted by molar-refractivity contribution is 6.29. The minimum absolute atomic E-state index is 0.0794. The summed E-state index contributed by atoms with van der Waals surface area (Å²) in [6, 6.07) is 9.43. The van der Waals surface area contributed by atoms with Crippen molar-refractivity contribution in [2.75, 3.05) is 0 Å². The highest BCUT2D eigenvalue weighted by Crippen LogP contribution is 2.46. The maximum absolute atomic E-state index is 13.3. The fourth-order valence-electron chi connectivity index (χ4n) is 4.34. The van der Waals surface area contributed by atoms with Gasteiger partial charge in [0.2, 0.25) is 5.78 Å². The van der Waals surface area contributed by atoms with Gasteiger partial charge in [0.25, 0.3) is 0 Å². The third-order valence-corrected chi connectivity index (χ3v) is 5.51. The van der Waals surface area contributed by atoms with Gasteiger partial charge in [-0.1, -0.05) is 30.3 Å². The molecule has 2 aliphatic carbocycles. The van der Waals surface area contributed by atoms with E-state index in [0.29, 0.717) is 24.1 Å². The van der Waals surface area contributed by atoms with Gasteiger partial charge in [0.05, 0.1) is 11.5 Å². The first kappa shape index (κ1) is 15.9. The first-order chi connectivity index (χ1) is 13.2. The van der Waals surface area contributed by atoms with Crippen molar-refractivity contribution in [1.82, 2.24) is 9.97 Å². The largest absolute Gasteiger partial charge is 0.299 e. The molecule has 1 fully saturated rings. The monoisotopic (exact) mass is 357 g/mol. The smallest absolute Gasteiger partial charge is 0.230 e. The van der Waals surface area contributed by atoms with Crippen molar-refractivity contribution >= 4 is 23.1 Å². The Morgan fingerprint density at radius 2 is 1.74 bits per heavy atom. The number of aromatic nitrogens is 2. The van der Waals surface area contributed by atoms with Crippen LogP contribution in [-0.2, 0) is 4.79 Å². The minimum Gasteiger partial charge on any atom is -0.299 e. The summed E-state index contributed by atoms with van der Waals surface area (Å²) in [7, 11) is 0. The van der Waals surface area contributed by atoms with Crippen LogP contribution in [0.15, 0.2) is 59.1 Å². The molecule has 3 aliphatic rings. The van der Waals surface area contributed by atoms with E-state index < -0.39 is 11.8 Å². The molecule has 2 unspecified atom stereocenters. The van der Waals surface area contributed by atoms with Crippen molar-refractivity contribution in [1.29, 1.82) is 0 Å². The molecule has 132 valence electrons. The van der Waals surface area contributed by atoms with Crippen LogP contribution in [0.4, 0.5) is 0 Å². The molecule has 0 bridgehead atoms. The molecular formula is C21H15N3O3. The number of carbonyl (C=O) groups excluding carboxylic acids is 3. The Hall–Kier alpha value is -3.28. The highest BCUT2D eigenvalue weighted by atomic mass is 16.1. The molecule has 0 radical (unpaired) electrons. The van der Waals surface area contributed by atoms with Gasteiger partial charge in [0.15, 0.2) is 5.78 Å². The Labute approximate surface area is 155 Å². The van der Waals surface area contributed by atoms with Gasteiger partial charge in [0, 0.05) is 29.8 Å². The molecule has 1 saturated carbocycles. The summed E-state index contributed by atoms with van der Waals surface area (Å²) in [5.74, 6) is -1.58. The second kappa shape index (κ2) is 5.87. The Morgan fingerprint density at radius 3 is 2.56 bits per heavy atom. The molecule has 2 heterocycles. The van der Waals surface area contributed by atoms with E-state index in [2.05, 4.69) is 15.0 Å². The number of nitrogens with zero attached hydrogens (tertiary/aromatic N) is 3. The molecule has 0 saturated heterocycles. The molecule has 6 heteroatoms. The van der Waals surface area contributed by atoms with E-state index in [1.807, 2.05) is 30.3 Å². The molecule has 5 rings (SSSR count). The number of carbonyl (C=O) groups is 3. The second-order valence-corrected chi connectivity index (χ2v) is 6.99. The summed E-state index contributed by atoms with van der Waals surface area (Å²) in [4.78, 5) is 51.6. The van der Waals surface area contributed by atoms with E-state index in [-0.39, 0.29) is 34.3 Å². The van der Waals surface area contributed by atoms with Crippen LogP contribution >= 0.6 is 0 Å². The SMILES string of the molecule is O=C1C2=C(N=C3CCCC(=O)C3C2c2ccccc2)C(=O)c2ncncc21. The van der Waals surface area contributed by atoms with Gasteiger partial charge in [0.1, 0.15) is 23.5 Å². The highest BCUT2D eigenvalue weighted by Gasteiger charge is 2.47. The molecule has 1 aliphatic heterocycles. The lowest BCUT2D eigenvalue weighted by atomic mass is 9.66. The lowest BCUT2D eigenvalue weighted by Gasteiger charge is -2.37. The number of hydrogen-bond acceptors (Lipinski definition) is 6. The molecule has 0 N–H and O–H groups in total. The van der Waals surface area contributed by atoms with Crippen LogP contribution < -0.4 is 0 Å². The van der Waals surface area contributed by atoms with Gasteiger partial charge in [-0.2, -0.15) is 0 Å². The molecule has 2 atom stereocenters. The van der Waals surface area contributed by atoms with Gasteiger partial charge in [-0.05, 0) is 18.4 Å². The van der Waals surface area contributed by atoms with E-state index in [0.717, 1.165) is 12.0 Å². The third-order valence-electron chi connectivity index (χ3n) is 5.51. The normalized spacial score (nSPS) is 24.1. The van der Waals surface area contributed by atoms with Crippen molar-refractivity contribution in [2.24, 2.45) is 10.9 Å². The zero-order chi connectivity index (χ0) is 18.5. The van der Waals surface area contributed by atoms with Gasteiger partial charge >= 0.3 is 0 Å². The van der Waals surface area contributed by atoms with Crippen LogP contribution in [0.3, 0.4) is 0 Å². The number of rotatable bonds is 1. The van der Waals surface area contributed by atoms with E-state index >= 15 is 0 Å². The van der Waals surface area contributed by atoms with Gasteiger partial charge in [-0.3, -0.25) is 19.4 Å². The third kappa shape index (κ3) is 2.26. The number of benzene rings is 1. The summed E-state index contributed by atoms with van der Waals surface area (Å²) < 4.78 is 0. The lowest BCUT2D eigenvalue weighted by molar-refractivity contribution is -0.121. The van der Waals surface area contributed by atoms with Crippen molar-refractivity contribution < 1.29 is 14.4 Å². The molecule has 1 aromatic heterocycles. The van der Waals surface area contributed by atoms with Crippen molar-refractivity contribution in [3.63, 3.8) is 0 Å². The van der Waals surface area contributed by atoms with Crippen molar-refractivity contribution in [3.05, 3.63) is 70.9 Å². The first-order valence-electron chi connectivity index (χ1n) is 8.95. The van der Waals surface area contributed by atoms with E-state index in [9.17, 15) is 14.4 Å². The number of ketones is 3. The van der Waals surface area contributed by atoms with Crippen LogP contribution in [0.1, 0.15) is 51.6 Å². The average molecular weight is 357 g/mol. The second-order valence-electron chi connectivity index (χ2n) is 6.99. The Bertz CT molecular complexity index is 1070. The Morgan fingerprint density at radius 1 is 0.926 bits per heavy atom. The predicted octanol–water partition coefficient (Wildman–Crippen LogP) is 2.72. The summed E-state index contributed by atoms with van der Waals surface area (Å²) in [6.45, 7) is 0. The van der Waals surface area contributed by atoms with Crippen LogP contribution in [0, 0.1) is 5.92 Å². The van der Waals surface area contributed by atoms with Crippen LogP contribution in [0.5, 0.6) is 0 Å². The number of allylic oxidation sites excluding steroid dienone is 2. The van der Waals surface area contributed by atoms with E-state index in [1.165, 1.54) is 12.5 Å². The van der Waals surface area contributed by atoms with E-state index in [1.54, 1.807) is 0 Å². The number of fused-ring (bicyclic) bond motifs is 2. The van der Waals surface area contributed by atoms with Gasteiger partial charge in [-0.25, -0.2) is 9.97 Å². The quantitative estimate of drug-likeness (QED) is 0.783. The van der Waals surface area contributed by atoms with Crippen molar-refractivity contribution in [2.45, 2.75) is 25.2 Å². The van der Waals surface area contributed by atoms with Gasteiger partial charge < -0.3 is 0 Å².